The number of nitrogens with one attached hydrogen (secondary N) is 4. The Labute approximate surface area is 847 Å². The molecule has 0 bridgehead atoms. The molecule has 3 aromatic carbocycles. The molecule has 40 heteroatoms. The molecule has 9 aromatic heterocycles. The van der Waals surface area contributed by atoms with Crippen LogP contribution in [-0.2, 0) is 91.1 Å². The first-order valence-corrected chi connectivity index (χ1v) is 54.0. The van der Waals surface area contributed by atoms with Gasteiger partial charge in [-0.05, 0) is 194 Å². The highest BCUT2D eigenvalue weighted by Crippen LogP contribution is 2.41. The van der Waals surface area contributed by atoms with Crippen molar-refractivity contribution in [2.45, 2.75) is 240 Å². The van der Waals surface area contributed by atoms with Gasteiger partial charge in [0.05, 0.1) is 41.7 Å². The number of hydrogen-bond donors (Lipinski definition) is 4. The van der Waals surface area contributed by atoms with Gasteiger partial charge in [-0.25, -0.2) is 33.3 Å². The molecule has 0 spiro atoms. The number of alkyl halides is 9. The second kappa shape index (κ2) is 45.0. The maximum Gasteiger partial charge on any atom is 0.393 e. The van der Waals surface area contributed by atoms with E-state index in [0.717, 1.165) is 237 Å². The lowest BCUT2D eigenvalue weighted by molar-refractivity contribution is -0.142. The summed E-state index contributed by atoms with van der Waals surface area (Å²) in [6, 6.07) is 30.3. The van der Waals surface area contributed by atoms with Crippen LogP contribution in [0.5, 0.6) is 0 Å². The smallest absolute Gasteiger partial charge is 0.393 e. The van der Waals surface area contributed by atoms with Crippen molar-refractivity contribution in [1.82, 2.24) is 82.2 Å². The van der Waals surface area contributed by atoms with Gasteiger partial charge >= 0.3 is 24.5 Å². The van der Waals surface area contributed by atoms with Crippen LogP contribution in [0.15, 0.2) is 97.2 Å². The summed E-state index contributed by atoms with van der Waals surface area (Å²) >= 11 is 3.14. The molecule has 0 saturated carbocycles. The van der Waals surface area contributed by atoms with Crippen molar-refractivity contribution in [2.24, 2.45) is 0 Å². The van der Waals surface area contributed by atoms with E-state index < -0.39 is 53.8 Å². The number of halogens is 9. The molecule has 12 aromatic rings. The average molecular weight is 2070 g/mol. The van der Waals surface area contributed by atoms with Crippen LogP contribution < -0.4 is 21.3 Å². The normalized spacial score (nSPS) is 18.0. The molecule has 0 unspecified atom stereocenters. The number of sulfonamides is 1. The van der Waals surface area contributed by atoms with Crippen molar-refractivity contribution >= 4 is 137 Å². The summed E-state index contributed by atoms with van der Waals surface area (Å²) in [7, 11) is 0.624. The van der Waals surface area contributed by atoms with Gasteiger partial charge in [0.25, 0.3) is 0 Å². The van der Waals surface area contributed by atoms with Crippen LogP contribution in [0.3, 0.4) is 0 Å². The molecular weight excluding hydrogens is 1930 g/mol. The molecule has 6 aliphatic rings. The number of nitriles is 2. The van der Waals surface area contributed by atoms with Gasteiger partial charge in [-0.2, -0.15) is 59.3 Å². The van der Waals surface area contributed by atoms with Crippen LogP contribution in [0.2, 0.25) is 0 Å². The average Bonchev–Trinajstić information content (AvgIpc) is 1.63. The van der Waals surface area contributed by atoms with Crippen LogP contribution in [0, 0.1) is 50.4 Å². The fourth-order valence-corrected chi connectivity index (χ4v) is 25.0. The number of fused-ring (bicyclic) bond motifs is 6. The minimum absolute atomic E-state index is 0.0727. The Kier molecular flexibility index (Phi) is 33.2. The van der Waals surface area contributed by atoms with E-state index in [2.05, 4.69) is 222 Å². The first kappa shape index (κ1) is 106. The molecule has 3 atom stereocenters. The Balaban J connectivity index is 0.000000155. The quantitative estimate of drug-likeness (QED) is 0.0193. The lowest BCUT2D eigenvalue weighted by Crippen LogP contribution is -2.51. The van der Waals surface area contributed by atoms with Crippen molar-refractivity contribution in [3.8, 4) is 12.1 Å². The van der Waals surface area contributed by atoms with Gasteiger partial charge in [0.2, 0.25) is 16.0 Å². The zero-order chi connectivity index (χ0) is 103. The lowest BCUT2D eigenvalue weighted by atomic mass is 10.0. The standard InChI is InChI=1S/C35H46F3N7O4S2.C35H42F3N7S.C34H42F3N9S/c1-22-16-29-24(3)26(6-7-31(29)45(22)19-23(2)43-12-14-44(15-13-43)51(5,47)48)20-42-10-8-27(9-11-42)39-33-30-17-28(18-35(36,37)38)50-34(30)41-32(40-33)21-49-25(4)46;1-5-32-41-33(30-16-28(17-35(36,37)38)46-34(30)42-32)40-26-10-13-43(14-11-26)21-25-8-9-31-29(24(25)4)15-27(18-39)45(31)20-23(3)44-12-6-7-22(2)19-44;1-21-18-45(13-12-43(21)5)22(2)19-46-26(17-38)14-28-23(3)24(6-7-30(28)46)20-44-10-8-25(9-11-44)40-31-29-15-27(16-34(35,36)37)47-32(29)42-33(39-4)41-31/h6-7,16-17,23,27H,8-15,18-21H2,1-5H3,(H,39,40,41);8-9,15-16,23,26H,2,5-7,10-14,17,19-21H2,1,3-4H3,(H,40,41,42);6-7,14-15,22,25H,1,8-13,16,18-20H2,2-5H3,(H2,39,40,41,42)/t2*23-;22-/m000/s1. The Morgan fingerprint density at radius 1 is 0.507 bits per heavy atom. The summed E-state index contributed by atoms with van der Waals surface area (Å²) < 4.78 is 155. The van der Waals surface area contributed by atoms with Gasteiger partial charge in [-0.3, -0.25) is 34.2 Å². The van der Waals surface area contributed by atoms with Gasteiger partial charge in [0.1, 0.15) is 61.3 Å². The number of aryl methyl sites for hydroxylation is 5. The van der Waals surface area contributed by atoms with Gasteiger partial charge < -0.3 is 44.6 Å². The maximum atomic E-state index is 13.2. The van der Waals surface area contributed by atoms with Crippen LogP contribution in [-0.4, -0.2) is 270 Å². The molecule has 0 amide bonds. The Bertz CT molecular complexity index is 6880. The van der Waals surface area contributed by atoms with Crippen LogP contribution in [0.1, 0.15) is 163 Å². The molecule has 6 fully saturated rings. The zero-order valence-electron chi connectivity index (χ0n) is 84.0. The van der Waals surface area contributed by atoms with E-state index in [1.54, 1.807) is 23.5 Å². The first-order valence-electron chi connectivity index (χ1n) is 49.7. The predicted octanol–water partition coefficient (Wildman–Crippen LogP) is 19.3. The molecular formula is C104H130F9N23O4S4. The number of nitrogens with zero attached hydrogens (tertiary/aromatic N) is 19. The summed E-state index contributed by atoms with van der Waals surface area (Å²) in [6.45, 7) is 44.1. The van der Waals surface area contributed by atoms with Crippen molar-refractivity contribution in [3.05, 3.63) is 174 Å². The molecule has 18 rings (SSSR count). The van der Waals surface area contributed by atoms with E-state index in [0.29, 0.717) is 96.8 Å². The van der Waals surface area contributed by atoms with E-state index in [9.17, 15) is 63.2 Å². The summed E-state index contributed by atoms with van der Waals surface area (Å²) in [5.41, 5.74) is 15.9. The largest absolute Gasteiger partial charge is 0.458 e. The number of rotatable bonds is 29. The number of piperazine rings is 2. The Morgan fingerprint density at radius 3 is 1.30 bits per heavy atom. The molecule has 772 valence electrons. The third-order valence-electron chi connectivity index (χ3n) is 29.3. The monoisotopic (exact) mass is 2060 g/mol. The molecule has 144 heavy (non-hydrogen) atoms. The van der Waals surface area contributed by atoms with Crippen LogP contribution >= 0.6 is 34.0 Å². The molecule has 4 N–H and O–H groups in total. The summed E-state index contributed by atoms with van der Waals surface area (Å²) in [6.07, 6.45) is -6.45. The van der Waals surface area contributed by atoms with Crippen LogP contribution in [0.4, 0.5) is 62.9 Å². The second-order valence-electron chi connectivity index (χ2n) is 39.8. The van der Waals surface area contributed by atoms with Crippen molar-refractivity contribution in [3.63, 3.8) is 0 Å². The van der Waals surface area contributed by atoms with Crippen LogP contribution in [0.25, 0.3) is 63.4 Å². The first-order chi connectivity index (χ1) is 68.5. The van der Waals surface area contributed by atoms with Crippen molar-refractivity contribution < 1.29 is 57.5 Å². The third kappa shape index (κ3) is 25.9. The summed E-state index contributed by atoms with van der Waals surface area (Å²) in [5, 5.41) is 38.9. The molecule has 0 aliphatic carbocycles. The van der Waals surface area contributed by atoms with Crippen molar-refractivity contribution in [1.29, 1.82) is 10.5 Å². The minimum atomic E-state index is -4.33. The van der Waals surface area contributed by atoms with E-state index in [1.807, 2.05) is 19.1 Å². The molecule has 0 radical (unpaired) electrons. The fraction of sp³-hybridized carbons (Fsp3) is 0.529. The van der Waals surface area contributed by atoms with Gasteiger partial charge in [-0.1, -0.05) is 43.9 Å². The number of likely N-dealkylation sites (tertiary alicyclic amines) is 4. The van der Waals surface area contributed by atoms with E-state index in [1.165, 1.54) is 74.8 Å². The Morgan fingerprint density at radius 2 is 0.896 bits per heavy atom. The Hall–Kier alpha value is -10.6. The van der Waals surface area contributed by atoms with E-state index in [-0.39, 0.29) is 57.3 Å². The van der Waals surface area contributed by atoms with E-state index >= 15 is 0 Å². The number of thiophene rings is 3. The maximum absolute atomic E-state index is 13.2. The van der Waals surface area contributed by atoms with Crippen molar-refractivity contribution in [2.75, 3.05) is 140 Å². The van der Waals surface area contributed by atoms with Gasteiger partial charge in [-0.15, -0.1) is 34.0 Å². The van der Waals surface area contributed by atoms with E-state index in [4.69, 9.17) is 4.74 Å². The number of aromatic nitrogens is 9. The number of ether oxygens (including phenoxy) is 1. The van der Waals surface area contributed by atoms with Gasteiger partial charge in [0.15, 0.2) is 12.4 Å². The lowest BCUT2D eigenvalue weighted by Gasteiger charge is -2.39. The zero-order valence-corrected chi connectivity index (χ0v) is 87.3. The topological polar surface area (TPSA) is 274 Å². The number of esters is 1. The number of carbonyl (C=O) groups is 1. The SMILES string of the molecule is C=C1CCCN([C@@H](C)Cn2c(C#N)cc3c(C)c(CN4CCC(Nc5nc(CC)nc6sc(CC(F)(F)F)cc56)CC4)ccc32)C1.C=C1CN([C@@H](C)Cn2c(C#N)cc3c(C)c(CN4CCC(Nc5nc(NC)nc6sc(CC(F)(F)F)cc56)CC4)ccc32)CCN1C.CC(=O)OCc1nc(NC2CCN(Cc3ccc4c(cc(C)n4C[C@H](C)N4CCN(S(C)(=O)=O)CC4)c3C)CC2)c2cc(CC(F)(F)F)sc2n1. The third-order valence-corrected chi connectivity index (χ3v) is 33.7. The molecule has 6 aliphatic heterocycles. The number of anilines is 4. The minimum Gasteiger partial charge on any atom is -0.458 e. The molecule has 6 saturated heterocycles. The highest BCUT2D eigenvalue weighted by atomic mass is 32.2. The fourth-order valence-electron chi connectivity index (χ4n) is 20.9. The van der Waals surface area contributed by atoms with Gasteiger partial charge in [0, 0.05) is 253 Å². The highest BCUT2D eigenvalue weighted by molar-refractivity contribution is 7.88. The summed E-state index contributed by atoms with van der Waals surface area (Å²) in [5.74, 6) is 2.47. The molecule has 27 nitrogen and oxygen atoms in total. The highest BCUT2D eigenvalue weighted by Gasteiger charge is 2.37. The number of hydrogen-bond acceptors (Lipinski definition) is 26. The number of piperidine rings is 4. The number of likely N-dealkylation sites (N-methyl/N-ethyl adjacent to an activating group) is 1. The number of carbonyl (C=O) groups excluding carboxylic acids is 1. The second-order valence-corrected chi connectivity index (χ2v) is 45.1. The number of benzene rings is 3. The predicted molar refractivity (Wildman–Crippen MR) is 556 cm³/mol. The summed E-state index contributed by atoms with van der Waals surface area (Å²) in [4.78, 5) is 57.5. The molecule has 15 heterocycles.